The Labute approximate surface area is 134 Å². The second-order valence-electron chi connectivity index (χ2n) is 8.41. The summed E-state index contributed by atoms with van der Waals surface area (Å²) in [4.78, 5) is 12.5. The number of fused-ring (bicyclic) bond motifs is 2. The Kier molecular flexibility index (Phi) is 3.96. The summed E-state index contributed by atoms with van der Waals surface area (Å²) in [6.45, 7) is 6.31. The van der Waals surface area contributed by atoms with Crippen LogP contribution in [0.4, 0.5) is 0 Å². The summed E-state index contributed by atoms with van der Waals surface area (Å²) in [7, 11) is -3.42. The van der Waals surface area contributed by atoms with Crippen molar-refractivity contribution in [3.63, 3.8) is 0 Å². The predicted octanol–water partition coefficient (Wildman–Crippen LogP) is 2.88. The molecule has 0 amide bonds. The molecule has 22 heavy (non-hydrogen) atoms. The quantitative estimate of drug-likeness (QED) is 0.863. The van der Waals surface area contributed by atoms with E-state index in [1.54, 1.807) is 0 Å². The first-order valence-electron chi connectivity index (χ1n) is 8.71. The van der Waals surface area contributed by atoms with Gasteiger partial charge in [-0.05, 0) is 42.9 Å². The van der Waals surface area contributed by atoms with E-state index in [0.29, 0.717) is 18.3 Å². The Bertz CT molecular complexity index is 568. The summed E-state index contributed by atoms with van der Waals surface area (Å²) in [6, 6.07) is 0.0481. The maximum absolute atomic E-state index is 12.8. The molecule has 3 aliphatic carbocycles. The smallest absolute Gasteiger partial charge is 0.212 e. The van der Waals surface area contributed by atoms with Crippen LogP contribution in [-0.2, 0) is 14.8 Å². The molecule has 2 bridgehead atoms. The van der Waals surface area contributed by atoms with Gasteiger partial charge in [-0.15, -0.1) is 0 Å². The Morgan fingerprint density at radius 3 is 2.41 bits per heavy atom. The second-order valence-corrected chi connectivity index (χ2v) is 10.2. The fourth-order valence-electron chi connectivity index (χ4n) is 5.20. The molecule has 0 spiro atoms. The molecule has 0 aromatic rings. The Morgan fingerprint density at radius 1 is 1.18 bits per heavy atom. The van der Waals surface area contributed by atoms with Crippen LogP contribution in [-0.4, -0.2) is 26.0 Å². The highest BCUT2D eigenvalue weighted by atomic mass is 32.2. The molecule has 0 heterocycles. The van der Waals surface area contributed by atoms with Crippen LogP contribution >= 0.6 is 0 Å². The lowest BCUT2D eigenvalue weighted by molar-refractivity contribution is -0.128. The van der Waals surface area contributed by atoms with Gasteiger partial charge in [0.15, 0.2) is 0 Å². The van der Waals surface area contributed by atoms with Crippen molar-refractivity contribution in [3.8, 4) is 0 Å². The third-order valence-electron chi connectivity index (χ3n) is 7.02. The van der Waals surface area contributed by atoms with Crippen molar-refractivity contribution in [3.05, 3.63) is 0 Å². The molecule has 3 rings (SSSR count). The molecule has 0 saturated heterocycles. The number of carbonyl (C=O) groups excluding carboxylic acids is 1. The number of hydrogen-bond donors (Lipinski definition) is 1. The van der Waals surface area contributed by atoms with Crippen LogP contribution in [0.25, 0.3) is 0 Å². The van der Waals surface area contributed by atoms with Crippen LogP contribution in [0.1, 0.15) is 65.7 Å². The van der Waals surface area contributed by atoms with E-state index >= 15 is 0 Å². The van der Waals surface area contributed by atoms with E-state index < -0.39 is 15.4 Å². The normalized spacial score (nSPS) is 41.0. The Hall–Kier alpha value is -0.420. The third-order valence-corrected chi connectivity index (χ3v) is 8.55. The van der Waals surface area contributed by atoms with Gasteiger partial charge in [0.25, 0.3) is 0 Å². The molecule has 0 aromatic heterocycles. The zero-order valence-electron chi connectivity index (χ0n) is 14.0. The summed E-state index contributed by atoms with van der Waals surface area (Å²) in [6.07, 6.45) is 6.60. The van der Waals surface area contributed by atoms with E-state index in [0.717, 1.165) is 32.1 Å². The van der Waals surface area contributed by atoms with Crippen molar-refractivity contribution >= 4 is 15.8 Å². The molecule has 126 valence electrons. The number of rotatable bonds is 4. The zero-order valence-corrected chi connectivity index (χ0v) is 14.8. The van der Waals surface area contributed by atoms with Gasteiger partial charge in [-0.25, -0.2) is 13.1 Å². The van der Waals surface area contributed by atoms with Gasteiger partial charge in [0, 0.05) is 17.9 Å². The maximum atomic E-state index is 12.8. The minimum Gasteiger partial charge on any atom is -0.299 e. The van der Waals surface area contributed by atoms with Gasteiger partial charge in [0.05, 0.1) is 5.75 Å². The van der Waals surface area contributed by atoms with Gasteiger partial charge in [-0.2, -0.15) is 0 Å². The molecule has 1 N–H and O–H groups in total. The van der Waals surface area contributed by atoms with Crippen molar-refractivity contribution in [1.29, 1.82) is 0 Å². The number of nitrogens with one attached hydrogen (secondary N) is 1. The monoisotopic (exact) mass is 327 g/mol. The molecule has 3 aliphatic rings. The highest BCUT2D eigenvalue weighted by Gasteiger charge is 2.65. The standard InChI is InChI=1S/C17H29NO3S/c1-12-6-4-5-7-14(12)18-22(20,21)11-17-9-8-13(10-15(17)19)16(17,2)3/h12-14,18H,4-11H2,1-3H3. The summed E-state index contributed by atoms with van der Waals surface area (Å²) in [5, 5.41) is 0. The summed E-state index contributed by atoms with van der Waals surface area (Å²) in [5.74, 6) is 0.926. The van der Waals surface area contributed by atoms with Crippen LogP contribution < -0.4 is 4.72 Å². The highest BCUT2D eigenvalue weighted by Crippen LogP contribution is 2.64. The third kappa shape index (κ3) is 2.44. The largest absolute Gasteiger partial charge is 0.299 e. The van der Waals surface area contributed by atoms with Crippen LogP contribution in [0.5, 0.6) is 0 Å². The average molecular weight is 327 g/mol. The number of carbonyl (C=O) groups is 1. The fraction of sp³-hybridized carbons (Fsp3) is 0.941. The van der Waals surface area contributed by atoms with Crippen molar-refractivity contribution < 1.29 is 13.2 Å². The molecule has 3 fully saturated rings. The molecule has 4 atom stereocenters. The Balaban J connectivity index is 1.78. The summed E-state index contributed by atoms with van der Waals surface area (Å²) < 4.78 is 28.4. The molecular formula is C17H29NO3S. The van der Waals surface area contributed by atoms with Crippen molar-refractivity contribution in [2.45, 2.75) is 71.8 Å². The van der Waals surface area contributed by atoms with E-state index in [1.807, 2.05) is 0 Å². The van der Waals surface area contributed by atoms with Gasteiger partial charge < -0.3 is 0 Å². The number of Topliss-reactive ketones (excluding diaryl/α,β-unsaturated/α-hetero) is 1. The average Bonchev–Trinajstić information content (AvgIpc) is 2.74. The topological polar surface area (TPSA) is 63.2 Å². The molecule has 0 aliphatic heterocycles. The van der Waals surface area contributed by atoms with Crippen molar-refractivity contribution in [2.75, 3.05) is 5.75 Å². The molecule has 0 aromatic carbocycles. The Morgan fingerprint density at radius 2 is 1.86 bits per heavy atom. The van der Waals surface area contributed by atoms with Crippen LogP contribution in [0.3, 0.4) is 0 Å². The van der Waals surface area contributed by atoms with Gasteiger partial charge in [-0.3, -0.25) is 4.79 Å². The van der Waals surface area contributed by atoms with Gasteiger partial charge >= 0.3 is 0 Å². The molecule has 3 saturated carbocycles. The second kappa shape index (κ2) is 5.30. The SMILES string of the molecule is CC1CCCCC1NS(=O)(=O)CC12CCC(CC1=O)C2(C)C. The van der Waals surface area contributed by atoms with Gasteiger partial charge in [-0.1, -0.05) is 33.6 Å². The molecule has 0 radical (unpaired) electrons. The van der Waals surface area contributed by atoms with Crippen LogP contribution in [0, 0.1) is 22.7 Å². The van der Waals surface area contributed by atoms with Crippen molar-refractivity contribution in [1.82, 2.24) is 4.72 Å². The summed E-state index contributed by atoms with van der Waals surface area (Å²) in [5.41, 5.74) is -0.835. The predicted molar refractivity (Wildman–Crippen MR) is 86.9 cm³/mol. The van der Waals surface area contributed by atoms with Crippen LogP contribution in [0.2, 0.25) is 0 Å². The van der Waals surface area contributed by atoms with E-state index in [9.17, 15) is 13.2 Å². The van der Waals surface area contributed by atoms with Crippen molar-refractivity contribution in [2.24, 2.45) is 22.7 Å². The number of hydrogen-bond acceptors (Lipinski definition) is 3. The van der Waals surface area contributed by atoms with E-state index in [2.05, 4.69) is 25.5 Å². The lowest BCUT2D eigenvalue weighted by Gasteiger charge is -2.37. The summed E-state index contributed by atoms with van der Waals surface area (Å²) >= 11 is 0. The lowest BCUT2D eigenvalue weighted by Crippen LogP contribution is -2.49. The molecule has 4 nitrogen and oxygen atoms in total. The lowest BCUT2D eigenvalue weighted by atomic mass is 9.70. The maximum Gasteiger partial charge on any atom is 0.212 e. The first kappa shape index (κ1) is 16.4. The number of ketones is 1. The highest BCUT2D eigenvalue weighted by molar-refractivity contribution is 7.89. The van der Waals surface area contributed by atoms with Gasteiger partial charge in [0.1, 0.15) is 5.78 Å². The molecule has 5 heteroatoms. The van der Waals surface area contributed by atoms with E-state index in [1.165, 1.54) is 6.42 Å². The molecular weight excluding hydrogens is 298 g/mol. The minimum atomic E-state index is -3.42. The molecule has 4 unspecified atom stereocenters. The minimum absolute atomic E-state index is 0.00838. The fourth-order valence-corrected chi connectivity index (χ4v) is 7.42. The van der Waals surface area contributed by atoms with E-state index in [-0.39, 0.29) is 23.0 Å². The first-order chi connectivity index (χ1) is 10.2. The zero-order chi connectivity index (χ0) is 16.2. The van der Waals surface area contributed by atoms with E-state index in [4.69, 9.17) is 0 Å². The number of sulfonamides is 1. The first-order valence-corrected chi connectivity index (χ1v) is 10.4. The van der Waals surface area contributed by atoms with Gasteiger partial charge in [0.2, 0.25) is 10.0 Å². The van der Waals surface area contributed by atoms with Crippen LogP contribution in [0.15, 0.2) is 0 Å².